The maximum Gasteiger partial charge on any atom is 0.417 e. The number of nitrogens with zero attached hydrogens (tertiary/aromatic N) is 2. The molecule has 2 aliphatic heterocycles. The molecule has 0 atom stereocenters. The Morgan fingerprint density at radius 2 is 1.76 bits per heavy atom. The second-order valence-electron chi connectivity index (χ2n) is 9.21. The van der Waals surface area contributed by atoms with Crippen LogP contribution in [0.3, 0.4) is 0 Å². The maximum absolute atomic E-state index is 13.2. The average Bonchev–Trinajstić information content (AvgIpc) is 3.28. The van der Waals surface area contributed by atoms with E-state index in [-0.39, 0.29) is 36.4 Å². The molecule has 8 nitrogen and oxygen atoms in total. The number of methoxy groups -OCH3 is 1. The smallest absolute Gasteiger partial charge is 0.417 e. The van der Waals surface area contributed by atoms with Gasteiger partial charge >= 0.3 is 6.18 Å². The van der Waals surface area contributed by atoms with Crippen molar-refractivity contribution in [3.8, 4) is 16.9 Å². The molecule has 38 heavy (non-hydrogen) atoms. The number of hydrogen-bond acceptors (Lipinski definition) is 6. The van der Waals surface area contributed by atoms with Gasteiger partial charge in [-0.25, -0.2) is 13.4 Å². The Morgan fingerprint density at radius 3 is 2.37 bits per heavy atom. The number of fused-ring (bicyclic) bond motifs is 1. The first-order valence-corrected chi connectivity index (χ1v) is 13.4. The van der Waals surface area contributed by atoms with E-state index in [4.69, 9.17) is 4.74 Å². The van der Waals surface area contributed by atoms with Crippen molar-refractivity contribution in [3.05, 3.63) is 65.9 Å². The van der Waals surface area contributed by atoms with Crippen LogP contribution in [0.5, 0.6) is 5.75 Å². The number of piperidine rings is 1. The number of benzene rings is 2. The summed E-state index contributed by atoms with van der Waals surface area (Å²) in [6.07, 6.45) is -2.44. The predicted octanol–water partition coefficient (Wildman–Crippen LogP) is 4.54. The largest absolute Gasteiger partial charge is 0.495 e. The van der Waals surface area contributed by atoms with Crippen molar-refractivity contribution in [1.82, 2.24) is 9.29 Å². The zero-order chi connectivity index (χ0) is 27.1. The zero-order valence-electron chi connectivity index (χ0n) is 20.4. The number of alkyl halides is 3. The Labute approximate surface area is 217 Å². The second-order valence-corrected chi connectivity index (χ2v) is 11.2. The summed E-state index contributed by atoms with van der Waals surface area (Å²) in [5.74, 6) is 0.757. The summed E-state index contributed by atoms with van der Waals surface area (Å²) in [6.45, 7) is 0.539. The highest BCUT2D eigenvalue weighted by Crippen LogP contribution is 2.38. The fourth-order valence-corrected chi connectivity index (χ4v) is 6.17. The number of ether oxygens (including phenoxy) is 1. The number of amides is 1. The lowest BCUT2D eigenvalue weighted by atomic mass is 10.0. The lowest BCUT2D eigenvalue weighted by Crippen LogP contribution is -2.42. The van der Waals surface area contributed by atoms with Crippen molar-refractivity contribution in [2.45, 2.75) is 36.4 Å². The van der Waals surface area contributed by atoms with Crippen molar-refractivity contribution in [1.29, 1.82) is 0 Å². The molecule has 1 fully saturated rings. The first-order valence-electron chi connectivity index (χ1n) is 12.0. The van der Waals surface area contributed by atoms with Gasteiger partial charge in [-0.15, -0.1) is 0 Å². The van der Waals surface area contributed by atoms with E-state index >= 15 is 0 Å². The van der Waals surface area contributed by atoms with Gasteiger partial charge < -0.3 is 15.4 Å². The van der Waals surface area contributed by atoms with Crippen molar-refractivity contribution in [2.24, 2.45) is 0 Å². The molecule has 2 N–H and O–H groups in total. The van der Waals surface area contributed by atoms with Crippen LogP contribution in [0.15, 0.2) is 59.6 Å². The van der Waals surface area contributed by atoms with Gasteiger partial charge in [-0.1, -0.05) is 12.1 Å². The van der Waals surface area contributed by atoms with Gasteiger partial charge in [0.2, 0.25) is 15.9 Å². The molecule has 0 saturated carbocycles. The molecule has 1 amide bonds. The van der Waals surface area contributed by atoms with Crippen molar-refractivity contribution in [3.63, 3.8) is 0 Å². The molecule has 2 aromatic carbocycles. The van der Waals surface area contributed by atoms with E-state index < -0.39 is 21.8 Å². The predicted molar refractivity (Wildman–Crippen MR) is 135 cm³/mol. The summed E-state index contributed by atoms with van der Waals surface area (Å²) in [5, 5.41) is 5.88. The van der Waals surface area contributed by atoms with Crippen LogP contribution in [0.2, 0.25) is 0 Å². The minimum atomic E-state index is -4.45. The Hall–Kier alpha value is -3.64. The molecule has 0 spiro atoms. The fraction of sp³-hybridized carbons (Fsp3) is 0.308. The van der Waals surface area contributed by atoms with Gasteiger partial charge in [0.25, 0.3) is 0 Å². The Bertz CT molecular complexity index is 1450. The number of sulfonamides is 1. The summed E-state index contributed by atoms with van der Waals surface area (Å²) >= 11 is 0. The number of carbonyl (C=O) groups excluding carboxylic acids is 1. The second kappa shape index (κ2) is 9.91. The van der Waals surface area contributed by atoms with Gasteiger partial charge in [0, 0.05) is 25.3 Å². The minimum absolute atomic E-state index is 0.105. The monoisotopic (exact) mass is 546 g/mol. The first-order chi connectivity index (χ1) is 18.0. The van der Waals surface area contributed by atoms with E-state index in [1.807, 2.05) is 6.07 Å². The SMILES string of the molecule is COc1cc(-c2ccc(S(=O)(=O)N3CCC(Nc4ccc(C(F)(F)F)cn4)CC3)cc2)cc2c1NC(=O)C2. The Morgan fingerprint density at radius 1 is 1.05 bits per heavy atom. The Balaban J connectivity index is 1.24. The molecule has 2 aliphatic rings. The van der Waals surface area contributed by atoms with E-state index in [1.165, 1.54) is 17.5 Å². The van der Waals surface area contributed by atoms with Crippen LogP contribution < -0.4 is 15.4 Å². The van der Waals surface area contributed by atoms with E-state index in [2.05, 4.69) is 15.6 Å². The summed E-state index contributed by atoms with van der Waals surface area (Å²) in [5.41, 5.74) is 2.26. The number of halogens is 3. The molecule has 12 heteroatoms. The lowest BCUT2D eigenvalue weighted by molar-refractivity contribution is -0.137. The lowest BCUT2D eigenvalue weighted by Gasteiger charge is -2.32. The molecule has 0 bridgehead atoms. The number of pyridine rings is 1. The van der Waals surface area contributed by atoms with Crippen LogP contribution >= 0.6 is 0 Å². The third kappa shape index (κ3) is 5.18. The number of rotatable bonds is 6. The quantitative estimate of drug-likeness (QED) is 0.471. The zero-order valence-corrected chi connectivity index (χ0v) is 21.2. The van der Waals surface area contributed by atoms with Gasteiger partial charge in [0.05, 0.1) is 29.7 Å². The Kier molecular flexibility index (Phi) is 6.78. The number of carbonyl (C=O) groups is 1. The molecule has 3 heterocycles. The van der Waals surface area contributed by atoms with E-state index in [0.717, 1.165) is 29.0 Å². The molecule has 1 saturated heterocycles. The topological polar surface area (TPSA) is 101 Å². The molecular weight excluding hydrogens is 521 g/mol. The first kappa shape index (κ1) is 26.0. The van der Waals surface area contributed by atoms with Crippen LogP contribution in [0.25, 0.3) is 11.1 Å². The van der Waals surface area contributed by atoms with Crippen molar-refractivity contribution >= 4 is 27.4 Å². The van der Waals surface area contributed by atoms with Crippen molar-refractivity contribution in [2.75, 3.05) is 30.8 Å². The van der Waals surface area contributed by atoms with Crippen LogP contribution in [-0.2, 0) is 27.4 Å². The van der Waals surface area contributed by atoms with Crippen LogP contribution in [-0.4, -0.2) is 49.9 Å². The molecule has 3 aromatic rings. The van der Waals surface area contributed by atoms with Gasteiger partial charge in [-0.3, -0.25) is 4.79 Å². The molecule has 0 unspecified atom stereocenters. The number of hydrogen-bond donors (Lipinski definition) is 2. The third-order valence-corrected chi connectivity index (χ3v) is 8.65. The molecule has 5 rings (SSSR count). The molecule has 200 valence electrons. The number of anilines is 2. The van der Waals surface area contributed by atoms with Crippen LogP contribution in [0, 0.1) is 0 Å². The highest BCUT2D eigenvalue weighted by Gasteiger charge is 2.32. The van der Waals surface area contributed by atoms with E-state index in [0.29, 0.717) is 30.1 Å². The number of aromatic nitrogens is 1. The minimum Gasteiger partial charge on any atom is -0.495 e. The maximum atomic E-state index is 13.2. The normalized spacial score (nSPS) is 16.7. The highest BCUT2D eigenvalue weighted by atomic mass is 32.2. The summed E-state index contributed by atoms with van der Waals surface area (Å²) in [4.78, 5) is 15.8. The molecule has 0 aliphatic carbocycles. The van der Waals surface area contributed by atoms with E-state index in [9.17, 15) is 26.4 Å². The summed E-state index contributed by atoms with van der Waals surface area (Å²) in [7, 11) is -2.20. The molecule has 0 radical (unpaired) electrons. The highest BCUT2D eigenvalue weighted by molar-refractivity contribution is 7.89. The fourth-order valence-electron chi connectivity index (χ4n) is 4.70. The van der Waals surface area contributed by atoms with Gasteiger partial charge in [-0.2, -0.15) is 17.5 Å². The van der Waals surface area contributed by atoms with Gasteiger partial charge in [-0.05, 0) is 65.9 Å². The van der Waals surface area contributed by atoms with E-state index in [1.54, 1.807) is 30.3 Å². The number of nitrogens with one attached hydrogen (secondary N) is 2. The molecule has 1 aromatic heterocycles. The molecular formula is C26H25F3N4O4S. The van der Waals surface area contributed by atoms with Crippen LogP contribution in [0.4, 0.5) is 24.7 Å². The summed E-state index contributed by atoms with van der Waals surface area (Å²) in [6, 6.07) is 12.4. The van der Waals surface area contributed by atoms with Crippen LogP contribution in [0.1, 0.15) is 24.0 Å². The van der Waals surface area contributed by atoms with Crippen molar-refractivity contribution < 1.29 is 31.1 Å². The third-order valence-electron chi connectivity index (χ3n) is 6.74. The van der Waals surface area contributed by atoms with Gasteiger partial charge in [0.15, 0.2) is 0 Å². The summed E-state index contributed by atoms with van der Waals surface area (Å²) < 4.78 is 71.5. The standard InChI is InChI=1S/C26H25F3N4O4S/c1-37-22-13-17(12-18-14-24(34)32-25(18)22)16-2-5-21(6-3-16)38(35,36)33-10-8-20(9-11-33)31-23-7-4-19(15-30-23)26(27,28)29/h2-7,12-13,15,20H,8-11,14H2,1H3,(H,30,31)(H,32,34). The average molecular weight is 547 g/mol. The van der Waals surface area contributed by atoms with Gasteiger partial charge in [0.1, 0.15) is 11.6 Å².